The second-order valence-corrected chi connectivity index (χ2v) is 9.17. The maximum atomic E-state index is 12.9. The van der Waals surface area contributed by atoms with E-state index in [-0.39, 0.29) is 32.4 Å². The number of amides is 2. The van der Waals surface area contributed by atoms with Crippen LogP contribution in [0, 0.1) is 11.3 Å². The first-order valence-electron chi connectivity index (χ1n) is 11.9. The third-order valence-corrected chi connectivity index (χ3v) is 5.53. The van der Waals surface area contributed by atoms with Gasteiger partial charge < -0.3 is 31.0 Å². The summed E-state index contributed by atoms with van der Waals surface area (Å²) in [5.41, 5.74) is 12.3. The molecule has 0 aliphatic rings. The summed E-state index contributed by atoms with van der Waals surface area (Å²) in [6.45, 7) is 3.32. The molecule has 0 spiro atoms. The van der Waals surface area contributed by atoms with Crippen LogP contribution in [0.3, 0.4) is 0 Å². The number of hydrogen-bond acceptors (Lipinski definition) is 9. The molecule has 0 aliphatic heterocycles. The van der Waals surface area contributed by atoms with Crippen LogP contribution in [-0.2, 0) is 32.2 Å². The van der Waals surface area contributed by atoms with Gasteiger partial charge in [-0.3, -0.25) is 14.1 Å². The number of nitrogens with one attached hydrogen (secondary N) is 1. The molecule has 5 N–H and O–H groups in total. The molecule has 0 aliphatic carbocycles. The molecule has 0 bridgehead atoms. The summed E-state index contributed by atoms with van der Waals surface area (Å²) < 4.78 is 18.1. The SMILES string of the molecule is CN(COCN)C(=O)OCc1cccc2c(C#N)nc(C(COCc3ccccc3)NC(=O)C(C)(C)N)n12. The number of carbonyl (C=O) groups excluding carboxylic acids is 2. The number of hydrogen-bond donors (Lipinski definition) is 3. The van der Waals surface area contributed by atoms with Crippen LogP contribution in [0.4, 0.5) is 4.79 Å². The molecule has 202 valence electrons. The topological polar surface area (TPSA) is 170 Å². The van der Waals surface area contributed by atoms with Gasteiger partial charge in [0.25, 0.3) is 0 Å². The standard InChI is InChI=1S/C26H33N7O5/c1-26(2,29)24(34)31-21(15-36-13-18-8-5-4-6-9-18)23-30-20(12-27)22-11-7-10-19(33(22)23)14-38-25(35)32(3)17-37-16-28/h4-11,21H,13-17,28-29H2,1-3H3,(H,31,34). The zero-order valence-corrected chi connectivity index (χ0v) is 21.7. The minimum Gasteiger partial charge on any atom is -0.443 e. The lowest BCUT2D eigenvalue weighted by molar-refractivity contribution is -0.126. The van der Waals surface area contributed by atoms with Crippen LogP contribution in [0.15, 0.2) is 48.5 Å². The molecule has 3 rings (SSSR count). The first kappa shape index (κ1) is 28.5. The van der Waals surface area contributed by atoms with E-state index in [1.807, 2.05) is 30.3 Å². The van der Waals surface area contributed by atoms with Gasteiger partial charge in [0.05, 0.1) is 36.7 Å². The molecule has 2 amide bonds. The van der Waals surface area contributed by atoms with E-state index in [0.717, 1.165) is 5.56 Å². The van der Waals surface area contributed by atoms with E-state index < -0.39 is 23.6 Å². The van der Waals surface area contributed by atoms with Gasteiger partial charge in [-0.05, 0) is 31.5 Å². The number of imidazole rings is 1. The van der Waals surface area contributed by atoms with E-state index >= 15 is 0 Å². The summed E-state index contributed by atoms with van der Waals surface area (Å²) in [6, 6.07) is 16.1. The molecule has 12 heteroatoms. The van der Waals surface area contributed by atoms with E-state index in [4.69, 9.17) is 25.7 Å². The maximum Gasteiger partial charge on any atom is 0.411 e. The molecule has 1 aromatic carbocycles. The molecule has 0 radical (unpaired) electrons. The Morgan fingerprint density at radius 2 is 1.89 bits per heavy atom. The smallest absolute Gasteiger partial charge is 0.411 e. The van der Waals surface area contributed by atoms with Gasteiger partial charge in [0.2, 0.25) is 5.91 Å². The van der Waals surface area contributed by atoms with E-state index in [0.29, 0.717) is 23.6 Å². The van der Waals surface area contributed by atoms with Gasteiger partial charge in [-0.2, -0.15) is 5.26 Å². The molecule has 38 heavy (non-hydrogen) atoms. The lowest BCUT2D eigenvalue weighted by atomic mass is 10.1. The van der Waals surface area contributed by atoms with E-state index in [2.05, 4.69) is 16.4 Å². The fourth-order valence-corrected chi connectivity index (χ4v) is 3.54. The Balaban J connectivity index is 1.94. The Labute approximate surface area is 221 Å². The minimum absolute atomic E-state index is 0.0316. The Morgan fingerprint density at radius 1 is 1.16 bits per heavy atom. The molecule has 1 atom stereocenters. The third kappa shape index (κ3) is 7.27. The highest BCUT2D eigenvalue weighted by atomic mass is 16.6. The molecule has 3 aromatic rings. The second-order valence-electron chi connectivity index (χ2n) is 9.17. The van der Waals surface area contributed by atoms with Crippen LogP contribution in [0.2, 0.25) is 0 Å². The van der Waals surface area contributed by atoms with E-state index in [1.54, 1.807) is 36.4 Å². The predicted molar refractivity (Wildman–Crippen MR) is 138 cm³/mol. The zero-order valence-electron chi connectivity index (χ0n) is 21.7. The molecular formula is C26H33N7O5. The van der Waals surface area contributed by atoms with Crippen molar-refractivity contribution in [2.24, 2.45) is 11.5 Å². The molecule has 2 heterocycles. The quantitative estimate of drug-likeness (QED) is 0.299. The van der Waals surface area contributed by atoms with Crippen molar-refractivity contribution in [3.8, 4) is 6.07 Å². The summed E-state index contributed by atoms with van der Waals surface area (Å²) in [4.78, 5) is 31.0. The van der Waals surface area contributed by atoms with Gasteiger partial charge in [0, 0.05) is 7.05 Å². The fraction of sp³-hybridized carbons (Fsp3) is 0.385. The number of nitrogens with zero attached hydrogens (tertiary/aromatic N) is 4. The Morgan fingerprint density at radius 3 is 2.55 bits per heavy atom. The van der Waals surface area contributed by atoms with Crippen molar-refractivity contribution in [3.05, 3.63) is 71.3 Å². The Hall–Kier alpha value is -4.02. The number of pyridine rings is 1. The highest BCUT2D eigenvalue weighted by Gasteiger charge is 2.29. The van der Waals surface area contributed by atoms with Gasteiger partial charge in [-0.15, -0.1) is 0 Å². The molecule has 1 unspecified atom stereocenters. The predicted octanol–water partition coefficient (Wildman–Crippen LogP) is 1.78. The van der Waals surface area contributed by atoms with Crippen LogP contribution < -0.4 is 16.8 Å². The van der Waals surface area contributed by atoms with Gasteiger partial charge in [-0.25, -0.2) is 9.78 Å². The van der Waals surface area contributed by atoms with Crippen molar-refractivity contribution < 1.29 is 23.8 Å². The van der Waals surface area contributed by atoms with Crippen LogP contribution in [0.5, 0.6) is 0 Å². The number of nitrogens with two attached hydrogens (primary N) is 2. The largest absolute Gasteiger partial charge is 0.443 e. The summed E-state index contributed by atoms with van der Waals surface area (Å²) in [5.74, 6) is -0.0832. The summed E-state index contributed by atoms with van der Waals surface area (Å²) >= 11 is 0. The summed E-state index contributed by atoms with van der Waals surface area (Å²) in [5, 5.41) is 12.6. The van der Waals surface area contributed by atoms with Gasteiger partial charge in [0.15, 0.2) is 5.69 Å². The number of carbonyl (C=O) groups is 2. The average Bonchev–Trinajstić information content (AvgIpc) is 3.29. The Kier molecular flexibility index (Phi) is 9.75. The van der Waals surface area contributed by atoms with Crippen molar-refractivity contribution in [3.63, 3.8) is 0 Å². The summed E-state index contributed by atoms with van der Waals surface area (Å²) in [7, 11) is 1.51. The van der Waals surface area contributed by atoms with Gasteiger partial charge in [-0.1, -0.05) is 36.4 Å². The van der Waals surface area contributed by atoms with Crippen LogP contribution >= 0.6 is 0 Å². The Bertz CT molecular complexity index is 1280. The number of aromatic nitrogens is 2. The summed E-state index contributed by atoms with van der Waals surface area (Å²) in [6.07, 6.45) is -0.626. The van der Waals surface area contributed by atoms with Gasteiger partial charge in [0.1, 0.15) is 31.3 Å². The maximum absolute atomic E-state index is 12.9. The molecule has 2 aromatic heterocycles. The number of fused-ring (bicyclic) bond motifs is 1. The normalized spacial score (nSPS) is 12.1. The molecule has 0 saturated heterocycles. The number of benzene rings is 1. The van der Waals surface area contributed by atoms with Crippen LogP contribution in [-0.4, -0.2) is 58.9 Å². The van der Waals surface area contributed by atoms with Gasteiger partial charge >= 0.3 is 6.09 Å². The van der Waals surface area contributed by atoms with Crippen LogP contribution in [0.1, 0.15) is 42.7 Å². The average molecular weight is 524 g/mol. The zero-order chi connectivity index (χ0) is 27.7. The van der Waals surface area contributed by atoms with Crippen LogP contribution in [0.25, 0.3) is 5.52 Å². The molecular weight excluding hydrogens is 490 g/mol. The highest BCUT2D eigenvalue weighted by Crippen LogP contribution is 2.23. The molecule has 0 fully saturated rings. The van der Waals surface area contributed by atoms with E-state index in [9.17, 15) is 14.9 Å². The monoisotopic (exact) mass is 523 g/mol. The number of nitriles is 1. The number of rotatable bonds is 12. The lowest BCUT2D eigenvalue weighted by Gasteiger charge is -2.24. The molecule has 0 saturated carbocycles. The van der Waals surface area contributed by atoms with Crippen molar-refractivity contribution in [1.29, 1.82) is 5.26 Å². The highest BCUT2D eigenvalue weighted by molar-refractivity contribution is 5.85. The minimum atomic E-state index is -1.17. The third-order valence-electron chi connectivity index (χ3n) is 5.53. The molecule has 12 nitrogen and oxygen atoms in total. The fourth-order valence-electron chi connectivity index (χ4n) is 3.54. The second kappa shape index (κ2) is 13.0. The van der Waals surface area contributed by atoms with Crippen molar-refractivity contribution >= 4 is 17.5 Å². The van der Waals surface area contributed by atoms with Crippen molar-refractivity contribution in [1.82, 2.24) is 19.6 Å². The first-order chi connectivity index (χ1) is 18.2. The van der Waals surface area contributed by atoms with Crippen molar-refractivity contribution in [2.45, 2.75) is 38.6 Å². The first-order valence-corrected chi connectivity index (χ1v) is 11.9. The lowest BCUT2D eigenvalue weighted by Crippen LogP contribution is -2.51. The van der Waals surface area contributed by atoms with E-state index in [1.165, 1.54) is 11.9 Å². The van der Waals surface area contributed by atoms with Crippen molar-refractivity contribution in [2.75, 3.05) is 27.1 Å². The number of ether oxygens (including phenoxy) is 3.